The molecule has 0 aliphatic carbocycles. The quantitative estimate of drug-likeness (QED) is 0.374. The van der Waals surface area contributed by atoms with Crippen molar-refractivity contribution in [3.63, 3.8) is 0 Å². The molecule has 0 radical (unpaired) electrons. The van der Waals surface area contributed by atoms with Gasteiger partial charge in [0.1, 0.15) is 17.6 Å². The van der Waals surface area contributed by atoms with E-state index < -0.39 is 14.9 Å². The third-order valence-corrected chi connectivity index (χ3v) is 7.32. The van der Waals surface area contributed by atoms with Gasteiger partial charge in [-0.25, -0.2) is 13.1 Å². The summed E-state index contributed by atoms with van der Waals surface area (Å²) in [5.74, 6) is 0.887. The van der Waals surface area contributed by atoms with Crippen LogP contribution in [0.5, 0.6) is 0 Å². The van der Waals surface area contributed by atoms with Crippen molar-refractivity contribution in [2.45, 2.75) is 13.3 Å². The fourth-order valence-corrected chi connectivity index (χ4v) is 5.10. The zero-order valence-corrected chi connectivity index (χ0v) is 19.8. The summed E-state index contributed by atoms with van der Waals surface area (Å²) < 4.78 is 38.7. The summed E-state index contributed by atoms with van der Waals surface area (Å²) in [6.45, 7) is 4.67. The Morgan fingerprint density at radius 2 is 1.85 bits per heavy atom. The topological polar surface area (TPSA) is 116 Å². The lowest BCUT2D eigenvalue weighted by atomic mass is 10.0. The van der Waals surface area contributed by atoms with Crippen LogP contribution in [0.2, 0.25) is 0 Å². The molecule has 0 saturated carbocycles. The van der Waals surface area contributed by atoms with Crippen LogP contribution in [0.4, 0.5) is 5.69 Å². The molecule has 9 heteroatoms. The normalized spacial score (nSPS) is 15.3. The van der Waals surface area contributed by atoms with Crippen molar-refractivity contribution >= 4 is 32.1 Å². The van der Waals surface area contributed by atoms with Gasteiger partial charge in [0.15, 0.2) is 4.91 Å². The number of ether oxygens (including phenoxy) is 1. The molecule has 0 unspecified atom stereocenters. The first-order valence-corrected chi connectivity index (χ1v) is 12.6. The Balaban J connectivity index is 1.59. The van der Waals surface area contributed by atoms with E-state index in [1.807, 2.05) is 18.2 Å². The maximum atomic E-state index is 12.5. The van der Waals surface area contributed by atoms with Crippen molar-refractivity contribution in [2.24, 2.45) is 0 Å². The molecule has 2 heterocycles. The lowest BCUT2D eigenvalue weighted by Gasteiger charge is -2.29. The van der Waals surface area contributed by atoms with Crippen molar-refractivity contribution in [3.05, 3.63) is 59.2 Å². The van der Waals surface area contributed by atoms with Gasteiger partial charge in [-0.15, -0.1) is 0 Å². The van der Waals surface area contributed by atoms with E-state index in [9.17, 15) is 13.7 Å². The molecule has 1 aliphatic rings. The molecule has 4 rings (SSSR count). The number of furan rings is 1. The number of fused-ring (bicyclic) bond motifs is 1. The monoisotopic (exact) mass is 481 g/mol. The fourth-order valence-electron chi connectivity index (χ4n) is 3.91. The van der Waals surface area contributed by atoms with E-state index in [0.717, 1.165) is 42.6 Å². The number of nitriles is 1. The highest BCUT2D eigenvalue weighted by Crippen LogP contribution is 2.31. The van der Waals surface area contributed by atoms with Gasteiger partial charge in [-0.05, 0) is 54.4 Å². The van der Waals surface area contributed by atoms with E-state index in [4.69, 9.17) is 14.3 Å². The number of aliphatic hydroxyl groups excluding tert-OH is 1. The third-order valence-electron chi connectivity index (χ3n) is 5.80. The Labute approximate surface area is 199 Å². The summed E-state index contributed by atoms with van der Waals surface area (Å²) in [7, 11) is -4.00. The molecular weight excluding hydrogens is 454 g/mol. The van der Waals surface area contributed by atoms with Crippen LogP contribution in [0.1, 0.15) is 19.1 Å². The lowest BCUT2D eigenvalue weighted by Crippen LogP contribution is -2.36. The first kappa shape index (κ1) is 24.0. The van der Waals surface area contributed by atoms with E-state index in [2.05, 4.69) is 27.8 Å². The zero-order valence-electron chi connectivity index (χ0n) is 19.0. The van der Waals surface area contributed by atoms with Gasteiger partial charge in [0.2, 0.25) is 0 Å². The number of hydrogen-bond donors (Lipinski definition) is 2. The molecule has 178 valence electrons. The average Bonchev–Trinajstić information content (AvgIpc) is 3.35. The predicted molar refractivity (Wildman–Crippen MR) is 132 cm³/mol. The minimum Gasteiger partial charge on any atom is -0.456 e. The van der Waals surface area contributed by atoms with Gasteiger partial charge in [-0.1, -0.05) is 18.2 Å². The Hall–Kier alpha value is -3.16. The summed E-state index contributed by atoms with van der Waals surface area (Å²) in [6, 6.07) is 17.6. The largest absolute Gasteiger partial charge is 0.456 e. The second-order valence-corrected chi connectivity index (χ2v) is 9.75. The highest BCUT2D eigenvalue weighted by molar-refractivity contribution is 7.93. The van der Waals surface area contributed by atoms with Gasteiger partial charge < -0.3 is 19.2 Å². The summed E-state index contributed by atoms with van der Waals surface area (Å²) in [5.41, 5.74) is 2.25. The van der Waals surface area contributed by atoms with Gasteiger partial charge in [0, 0.05) is 43.1 Å². The molecule has 1 aliphatic heterocycles. The number of nitrogens with zero attached hydrogens (tertiary/aromatic N) is 2. The second-order valence-electron chi connectivity index (χ2n) is 8.05. The van der Waals surface area contributed by atoms with E-state index in [-0.39, 0.29) is 25.1 Å². The Morgan fingerprint density at radius 3 is 2.59 bits per heavy atom. The molecule has 34 heavy (non-hydrogen) atoms. The molecular formula is C25H27N3O5S. The van der Waals surface area contributed by atoms with Crippen molar-refractivity contribution in [1.82, 2.24) is 4.72 Å². The Morgan fingerprint density at radius 1 is 1.12 bits per heavy atom. The smallest absolute Gasteiger partial charge is 0.251 e. The molecule has 1 saturated heterocycles. The molecule has 2 N–H and O–H groups in total. The van der Waals surface area contributed by atoms with Crippen molar-refractivity contribution < 1.29 is 22.7 Å². The van der Waals surface area contributed by atoms with Crippen molar-refractivity contribution in [3.8, 4) is 17.4 Å². The Bertz CT molecular complexity index is 1350. The number of sulfonamides is 1. The van der Waals surface area contributed by atoms with Crippen LogP contribution < -0.4 is 9.62 Å². The first-order chi connectivity index (χ1) is 16.4. The summed E-state index contributed by atoms with van der Waals surface area (Å²) in [5, 5.41) is 20.5. The molecule has 1 aromatic heterocycles. The number of aliphatic hydroxyl groups is 1. The number of anilines is 1. The highest BCUT2D eigenvalue weighted by atomic mass is 32.2. The van der Waals surface area contributed by atoms with Crippen LogP contribution in [0.3, 0.4) is 0 Å². The van der Waals surface area contributed by atoms with Gasteiger partial charge in [-0.2, -0.15) is 5.26 Å². The van der Waals surface area contributed by atoms with E-state index >= 15 is 0 Å². The minimum absolute atomic E-state index is 0.0467. The summed E-state index contributed by atoms with van der Waals surface area (Å²) in [6.07, 6.45) is 0.262. The van der Waals surface area contributed by atoms with Gasteiger partial charge >= 0.3 is 0 Å². The SMILES string of the molecule is C/C(=C(/C#N)S(=O)(=O)NCCCO)c1ccc(-c2ccc3cc(N4CCOCC4)ccc3c2)o1. The molecule has 0 bridgehead atoms. The molecule has 3 aromatic rings. The number of benzene rings is 2. The number of nitrogens with one attached hydrogen (secondary N) is 1. The molecule has 1 fully saturated rings. The standard InChI is InChI=1S/C25H27N3O5S/c1-18(25(17-26)34(30,31)27-9-2-12-29)23-7-8-24(33-23)21-4-3-20-16-22(6-5-19(20)15-21)28-10-13-32-14-11-28/h3-8,15-16,27,29H,2,9-14H2,1H3/b25-18+. The third kappa shape index (κ3) is 5.16. The van der Waals surface area contributed by atoms with Crippen LogP contribution in [-0.4, -0.2) is 53.0 Å². The molecule has 0 amide bonds. The predicted octanol–water partition coefficient (Wildman–Crippen LogP) is 3.49. The van der Waals surface area contributed by atoms with Crippen LogP contribution in [0.15, 0.2) is 57.9 Å². The van der Waals surface area contributed by atoms with Crippen LogP contribution in [-0.2, 0) is 14.8 Å². The lowest BCUT2D eigenvalue weighted by molar-refractivity contribution is 0.122. The van der Waals surface area contributed by atoms with E-state index in [0.29, 0.717) is 11.5 Å². The molecule has 2 aromatic carbocycles. The minimum atomic E-state index is -4.00. The first-order valence-electron chi connectivity index (χ1n) is 11.1. The van der Waals surface area contributed by atoms with Crippen LogP contribution >= 0.6 is 0 Å². The molecule has 0 atom stereocenters. The van der Waals surface area contributed by atoms with Gasteiger partial charge in [0.25, 0.3) is 10.0 Å². The average molecular weight is 482 g/mol. The zero-order chi connectivity index (χ0) is 24.1. The number of allylic oxidation sites excluding steroid dienone is 2. The van der Waals surface area contributed by atoms with Crippen molar-refractivity contribution in [1.29, 1.82) is 5.26 Å². The number of morpholine rings is 1. The highest BCUT2D eigenvalue weighted by Gasteiger charge is 2.22. The van der Waals surface area contributed by atoms with Crippen LogP contribution in [0.25, 0.3) is 27.7 Å². The molecule has 8 nitrogen and oxygen atoms in total. The number of hydrogen-bond acceptors (Lipinski definition) is 7. The van der Waals surface area contributed by atoms with Gasteiger partial charge in [-0.3, -0.25) is 0 Å². The van der Waals surface area contributed by atoms with Crippen LogP contribution in [0, 0.1) is 11.3 Å². The maximum absolute atomic E-state index is 12.5. The van der Waals surface area contributed by atoms with Gasteiger partial charge in [0.05, 0.1) is 13.2 Å². The maximum Gasteiger partial charge on any atom is 0.251 e. The second kappa shape index (κ2) is 10.4. The Kier molecular flexibility index (Phi) is 7.34. The van der Waals surface area contributed by atoms with Crippen molar-refractivity contribution in [2.75, 3.05) is 44.4 Å². The fraction of sp³-hybridized carbons (Fsp3) is 0.320. The van der Waals surface area contributed by atoms with E-state index in [1.54, 1.807) is 25.1 Å². The van der Waals surface area contributed by atoms with E-state index in [1.165, 1.54) is 5.69 Å². The number of rotatable bonds is 8. The summed E-state index contributed by atoms with van der Waals surface area (Å²) >= 11 is 0. The molecule has 0 spiro atoms. The summed E-state index contributed by atoms with van der Waals surface area (Å²) in [4.78, 5) is 1.91.